The first-order valence-corrected chi connectivity index (χ1v) is 14.9. The highest BCUT2D eigenvalue weighted by Gasteiger charge is 2.01. The van der Waals surface area contributed by atoms with Crippen LogP contribution in [0.5, 0.6) is 0 Å². The van der Waals surface area contributed by atoms with E-state index in [1.54, 1.807) is 0 Å². The molecule has 0 aliphatic heterocycles. The maximum atomic E-state index is 2.64. The molecule has 2 aromatic carbocycles. The first-order valence-electron chi connectivity index (χ1n) is 14.9. The number of benzene rings is 2. The standard InChI is InChI=1S/C12H27N.2C9H13N.C4H10/c1-4-7-10-13(11-8-5-2)12-9-6-3;2*1-10(2)8-9-6-4-3-5-7-9;1-3-4-2/h4-12H2,1-3H3;2*3-7H,8H2,1-2H3;3-4H2,1-2H3. The monoisotopic (exact) mass is 514 g/mol. The summed E-state index contributed by atoms with van der Waals surface area (Å²) in [6.07, 6.45) is 10.7. The summed E-state index contributed by atoms with van der Waals surface area (Å²) in [6, 6.07) is 20.9. The molecule has 37 heavy (non-hydrogen) atoms. The highest BCUT2D eigenvalue weighted by Crippen LogP contribution is 2.02. The fourth-order valence-electron chi connectivity index (χ4n) is 3.38. The van der Waals surface area contributed by atoms with Crippen molar-refractivity contribution < 1.29 is 0 Å². The topological polar surface area (TPSA) is 9.72 Å². The quantitative estimate of drug-likeness (QED) is 0.249. The Kier molecular flexibility index (Phi) is 29.3. The van der Waals surface area contributed by atoms with Crippen LogP contribution in [0.4, 0.5) is 0 Å². The highest BCUT2D eigenvalue weighted by atomic mass is 15.1. The number of hydrogen-bond donors (Lipinski definition) is 0. The predicted octanol–water partition coefficient (Wildman–Crippen LogP) is 8.99. The minimum atomic E-state index is 1.03. The fourth-order valence-corrected chi connectivity index (χ4v) is 3.38. The van der Waals surface area contributed by atoms with E-state index in [1.807, 2.05) is 12.1 Å². The number of hydrogen-bond acceptors (Lipinski definition) is 3. The molecule has 0 aliphatic rings. The van der Waals surface area contributed by atoms with Crippen LogP contribution < -0.4 is 0 Å². The fraction of sp³-hybridized carbons (Fsp3) is 0.647. The largest absolute Gasteiger partial charge is 0.305 e. The van der Waals surface area contributed by atoms with Crippen molar-refractivity contribution in [3.63, 3.8) is 0 Å². The van der Waals surface area contributed by atoms with Crippen LogP contribution in [0.15, 0.2) is 60.7 Å². The van der Waals surface area contributed by atoms with E-state index in [-0.39, 0.29) is 0 Å². The van der Waals surface area contributed by atoms with Gasteiger partial charge < -0.3 is 14.7 Å². The molecule has 0 atom stereocenters. The normalized spacial score (nSPS) is 10.3. The molecular formula is C34H63N3. The van der Waals surface area contributed by atoms with Crippen LogP contribution in [0.3, 0.4) is 0 Å². The molecule has 0 heterocycles. The summed E-state index contributed by atoms with van der Waals surface area (Å²) in [5.41, 5.74) is 2.74. The molecule has 0 bridgehead atoms. The lowest BCUT2D eigenvalue weighted by Gasteiger charge is -2.21. The lowest BCUT2D eigenvalue weighted by Crippen LogP contribution is -2.27. The van der Waals surface area contributed by atoms with Crippen LogP contribution in [0.1, 0.15) is 97.1 Å². The smallest absolute Gasteiger partial charge is 0.0227 e. The van der Waals surface area contributed by atoms with E-state index >= 15 is 0 Å². The minimum absolute atomic E-state index is 1.03. The van der Waals surface area contributed by atoms with Gasteiger partial charge in [-0.25, -0.2) is 0 Å². The van der Waals surface area contributed by atoms with E-state index in [0.29, 0.717) is 0 Å². The first-order chi connectivity index (χ1) is 17.8. The summed E-state index contributed by atoms with van der Waals surface area (Å²) in [6.45, 7) is 17.2. The number of rotatable bonds is 14. The Labute approximate surface area is 233 Å². The van der Waals surface area contributed by atoms with Crippen molar-refractivity contribution in [3.8, 4) is 0 Å². The molecule has 2 aromatic rings. The summed E-state index contributed by atoms with van der Waals surface area (Å²) < 4.78 is 0. The van der Waals surface area contributed by atoms with Crippen molar-refractivity contribution in [2.75, 3.05) is 47.8 Å². The van der Waals surface area contributed by atoms with E-state index in [2.05, 4.69) is 126 Å². The molecule has 0 unspecified atom stereocenters. The Balaban J connectivity index is 0. The van der Waals surface area contributed by atoms with Crippen LogP contribution in [0.2, 0.25) is 0 Å². The lowest BCUT2D eigenvalue weighted by atomic mass is 10.2. The maximum Gasteiger partial charge on any atom is 0.0227 e. The Bertz CT molecular complexity index is 589. The van der Waals surface area contributed by atoms with Crippen molar-refractivity contribution in [1.82, 2.24) is 14.7 Å². The molecule has 214 valence electrons. The zero-order valence-electron chi connectivity index (χ0n) is 26.3. The second-order valence-corrected chi connectivity index (χ2v) is 10.3. The van der Waals surface area contributed by atoms with E-state index in [1.165, 1.54) is 82.1 Å². The Morgan fingerprint density at radius 3 is 0.946 bits per heavy atom. The Hall–Kier alpha value is -1.68. The van der Waals surface area contributed by atoms with Gasteiger partial charge in [-0.15, -0.1) is 0 Å². The summed E-state index contributed by atoms with van der Waals surface area (Å²) in [7, 11) is 8.31. The van der Waals surface area contributed by atoms with Gasteiger partial charge in [0.25, 0.3) is 0 Å². The average molecular weight is 514 g/mol. The van der Waals surface area contributed by atoms with Crippen LogP contribution in [0.25, 0.3) is 0 Å². The van der Waals surface area contributed by atoms with Gasteiger partial charge in [0.1, 0.15) is 0 Å². The van der Waals surface area contributed by atoms with Crippen LogP contribution >= 0.6 is 0 Å². The second-order valence-electron chi connectivity index (χ2n) is 10.3. The SMILES string of the molecule is CCCC.CCCCN(CCCC)CCCC.CN(C)Cc1ccccc1.CN(C)Cc1ccccc1. The third-order valence-corrected chi connectivity index (χ3v) is 5.67. The minimum Gasteiger partial charge on any atom is -0.305 e. The van der Waals surface area contributed by atoms with Crippen molar-refractivity contribution in [3.05, 3.63) is 71.8 Å². The van der Waals surface area contributed by atoms with E-state index in [9.17, 15) is 0 Å². The molecule has 2 rings (SSSR count). The summed E-state index contributed by atoms with van der Waals surface area (Å²) in [5, 5.41) is 0. The molecule has 3 nitrogen and oxygen atoms in total. The second kappa shape index (κ2) is 28.9. The zero-order valence-corrected chi connectivity index (χ0v) is 26.3. The van der Waals surface area contributed by atoms with Gasteiger partial charge >= 0.3 is 0 Å². The molecule has 0 spiro atoms. The Morgan fingerprint density at radius 1 is 0.432 bits per heavy atom. The molecule has 0 aliphatic carbocycles. The Morgan fingerprint density at radius 2 is 0.730 bits per heavy atom. The first kappa shape index (κ1) is 37.5. The molecule has 0 radical (unpaired) electrons. The molecule has 0 fully saturated rings. The molecule has 0 amide bonds. The highest BCUT2D eigenvalue weighted by molar-refractivity contribution is 5.14. The third kappa shape index (κ3) is 28.7. The van der Waals surface area contributed by atoms with Crippen LogP contribution in [0, 0.1) is 0 Å². The van der Waals surface area contributed by atoms with Gasteiger partial charge in [-0.05, 0) is 78.2 Å². The van der Waals surface area contributed by atoms with Gasteiger partial charge in [0.2, 0.25) is 0 Å². The number of unbranched alkanes of at least 4 members (excludes halogenated alkanes) is 4. The van der Waals surface area contributed by atoms with Crippen molar-refractivity contribution in [2.24, 2.45) is 0 Å². The molecule has 0 aromatic heterocycles. The van der Waals surface area contributed by atoms with Gasteiger partial charge in [-0.3, -0.25) is 0 Å². The van der Waals surface area contributed by atoms with E-state index < -0.39 is 0 Å². The van der Waals surface area contributed by atoms with Gasteiger partial charge in [0.15, 0.2) is 0 Å². The van der Waals surface area contributed by atoms with E-state index in [4.69, 9.17) is 0 Å². The van der Waals surface area contributed by atoms with Gasteiger partial charge in [0, 0.05) is 13.1 Å². The molecule has 3 heteroatoms. The van der Waals surface area contributed by atoms with Crippen molar-refractivity contribution in [1.29, 1.82) is 0 Å². The average Bonchev–Trinajstić information content (AvgIpc) is 2.89. The lowest BCUT2D eigenvalue weighted by molar-refractivity contribution is 0.261. The maximum absolute atomic E-state index is 2.64. The number of nitrogens with zero attached hydrogens (tertiary/aromatic N) is 3. The molecule has 0 saturated carbocycles. The van der Waals surface area contributed by atoms with E-state index in [0.717, 1.165) is 13.1 Å². The molecular weight excluding hydrogens is 450 g/mol. The molecule has 0 N–H and O–H groups in total. The third-order valence-electron chi connectivity index (χ3n) is 5.67. The van der Waals surface area contributed by atoms with Gasteiger partial charge in [0.05, 0.1) is 0 Å². The van der Waals surface area contributed by atoms with Crippen molar-refractivity contribution in [2.45, 2.75) is 99.1 Å². The van der Waals surface area contributed by atoms with Gasteiger partial charge in [-0.1, -0.05) is 127 Å². The molecule has 0 saturated heterocycles. The summed E-state index contributed by atoms with van der Waals surface area (Å²) in [5.74, 6) is 0. The van der Waals surface area contributed by atoms with Crippen molar-refractivity contribution >= 4 is 0 Å². The summed E-state index contributed by atoms with van der Waals surface area (Å²) >= 11 is 0. The zero-order chi connectivity index (χ0) is 28.2. The predicted molar refractivity (Wildman–Crippen MR) is 169 cm³/mol. The van der Waals surface area contributed by atoms with Crippen LogP contribution in [-0.4, -0.2) is 62.5 Å². The van der Waals surface area contributed by atoms with Gasteiger partial charge in [-0.2, -0.15) is 0 Å². The summed E-state index contributed by atoms with van der Waals surface area (Å²) in [4.78, 5) is 6.96. The van der Waals surface area contributed by atoms with Crippen LogP contribution in [-0.2, 0) is 13.1 Å².